The summed E-state index contributed by atoms with van der Waals surface area (Å²) in [7, 11) is 3.98. The van der Waals surface area contributed by atoms with Crippen LogP contribution in [0.25, 0.3) is 5.82 Å². The second-order valence-electron chi connectivity index (χ2n) is 5.32. The Morgan fingerprint density at radius 2 is 1.96 bits per heavy atom. The summed E-state index contributed by atoms with van der Waals surface area (Å²) in [5.74, 6) is 1.14. The third-order valence-corrected chi connectivity index (χ3v) is 4.74. The van der Waals surface area contributed by atoms with Crippen molar-refractivity contribution in [3.8, 4) is 5.82 Å². The third kappa shape index (κ3) is 3.55. The van der Waals surface area contributed by atoms with Crippen LogP contribution in [0.1, 0.15) is 5.56 Å². The zero-order valence-corrected chi connectivity index (χ0v) is 13.9. The van der Waals surface area contributed by atoms with Crippen molar-refractivity contribution >= 4 is 16.9 Å². The van der Waals surface area contributed by atoms with Crippen LogP contribution in [0, 0.1) is 0 Å². The van der Waals surface area contributed by atoms with Gasteiger partial charge in [0.25, 0.3) is 0 Å². The second kappa shape index (κ2) is 6.85. The quantitative estimate of drug-likeness (QED) is 0.676. The number of nitrogens with zero attached hydrogens (tertiary/aromatic N) is 4. The van der Waals surface area contributed by atoms with Crippen LogP contribution >= 0.6 is 0 Å². The third-order valence-electron chi connectivity index (χ3n) is 3.43. The molecule has 1 atom stereocenters. The number of hydrogen-bond acceptors (Lipinski definition) is 4. The van der Waals surface area contributed by atoms with Gasteiger partial charge in [-0.3, -0.25) is 0 Å². The average molecular weight is 326 g/mol. The van der Waals surface area contributed by atoms with E-state index >= 15 is 0 Å². The van der Waals surface area contributed by atoms with E-state index in [1.165, 1.54) is 0 Å². The molecule has 5 nitrogen and oxygen atoms in total. The summed E-state index contributed by atoms with van der Waals surface area (Å²) in [6, 6.07) is 13.7. The van der Waals surface area contributed by atoms with Gasteiger partial charge < -0.3 is 9.45 Å². The molecule has 0 amide bonds. The molecule has 0 radical (unpaired) electrons. The number of hydrogen-bond donors (Lipinski definition) is 0. The van der Waals surface area contributed by atoms with Crippen molar-refractivity contribution < 1.29 is 4.55 Å². The molecular weight excluding hydrogens is 308 g/mol. The van der Waals surface area contributed by atoms with Crippen LogP contribution in [-0.2, 0) is 16.9 Å². The summed E-state index contributed by atoms with van der Waals surface area (Å²) in [4.78, 5) is 10.6. The molecule has 0 saturated carbocycles. The summed E-state index contributed by atoms with van der Waals surface area (Å²) in [6.07, 6.45) is 5.15. The summed E-state index contributed by atoms with van der Waals surface area (Å²) >= 11 is -1.24. The molecule has 0 saturated heterocycles. The summed E-state index contributed by atoms with van der Waals surface area (Å²) in [5, 5.41) is 0.513. The van der Waals surface area contributed by atoms with Crippen LogP contribution in [0.3, 0.4) is 0 Å². The molecule has 0 bridgehead atoms. The van der Waals surface area contributed by atoms with E-state index in [0.29, 0.717) is 10.9 Å². The highest BCUT2D eigenvalue weighted by Crippen LogP contribution is 2.20. The monoisotopic (exact) mass is 326 g/mol. The van der Waals surface area contributed by atoms with Crippen LogP contribution in [0.2, 0.25) is 0 Å². The Morgan fingerprint density at radius 3 is 2.70 bits per heavy atom. The fourth-order valence-corrected chi connectivity index (χ4v) is 3.43. The number of imidazole rings is 1. The minimum Gasteiger partial charge on any atom is -0.609 e. The van der Waals surface area contributed by atoms with Crippen molar-refractivity contribution in [1.29, 1.82) is 0 Å². The van der Waals surface area contributed by atoms with Crippen molar-refractivity contribution in [3.05, 3.63) is 66.6 Å². The van der Waals surface area contributed by atoms with Gasteiger partial charge in [0.2, 0.25) is 0 Å². The molecule has 1 unspecified atom stereocenters. The first kappa shape index (κ1) is 15.6. The number of rotatable bonds is 5. The van der Waals surface area contributed by atoms with E-state index < -0.39 is 11.2 Å². The first-order valence-electron chi connectivity index (χ1n) is 7.24. The largest absolute Gasteiger partial charge is 0.609 e. The summed E-state index contributed by atoms with van der Waals surface area (Å²) in [5.41, 5.74) is 2.11. The van der Waals surface area contributed by atoms with Gasteiger partial charge in [-0.25, -0.2) is 9.55 Å². The molecule has 2 heterocycles. The zero-order valence-electron chi connectivity index (χ0n) is 13.1. The molecule has 3 rings (SSSR count). The Labute approximate surface area is 138 Å². The van der Waals surface area contributed by atoms with E-state index in [9.17, 15) is 4.55 Å². The van der Waals surface area contributed by atoms with E-state index in [0.717, 1.165) is 17.1 Å². The van der Waals surface area contributed by atoms with Gasteiger partial charge in [-0.05, 0) is 24.3 Å². The maximum absolute atomic E-state index is 12.7. The Hall–Kier alpha value is -2.31. The van der Waals surface area contributed by atoms with Crippen molar-refractivity contribution in [3.63, 3.8) is 0 Å². The van der Waals surface area contributed by atoms with Crippen LogP contribution < -0.4 is 4.90 Å². The molecule has 0 N–H and O–H groups in total. The van der Waals surface area contributed by atoms with Crippen molar-refractivity contribution in [2.24, 2.45) is 0 Å². The molecule has 0 aliphatic rings. The lowest BCUT2D eigenvalue weighted by molar-refractivity contribution is 0.581. The molecule has 1 aromatic carbocycles. The van der Waals surface area contributed by atoms with Crippen LogP contribution in [0.5, 0.6) is 0 Å². The van der Waals surface area contributed by atoms with Gasteiger partial charge in [-0.2, -0.15) is 4.98 Å². The lowest BCUT2D eigenvalue weighted by Gasteiger charge is -2.15. The highest BCUT2D eigenvalue weighted by atomic mass is 32.2. The molecule has 118 valence electrons. The number of pyridine rings is 1. The van der Waals surface area contributed by atoms with Crippen LogP contribution in [0.15, 0.2) is 66.2 Å². The number of anilines is 1. The normalized spacial score (nSPS) is 12.1. The molecule has 0 fully saturated rings. The molecule has 6 heteroatoms. The summed E-state index contributed by atoms with van der Waals surface area (Å²) < 4.78 is 14.5. The smallest absolute Gasteiger partial charge is 0.329 e. The van der Waals surface area contributed by atoms with Crippen molar-refractivity contribution in [1.82, 2.24) is 14.5 Å². The number of aromatic nitrogens is 3. The van der Waals surface area contributed by atoms with Gasteiger partial charge in [-0.1, -0.05) is 18.2 Å². The Bertz CT molecular complexity index is 773. The van der Waals surface area contributed by atoms with Gasteiger partial charge in [-0.15, -0.1) is 0 Å². The fourth-order valence-electron chi connectivity index (χ4n) is 2.27. The molecule has 23 heavy (non-hydrogen) atoms. The molecule has 0 spiro atoms. The van der Waals surface area contributed by atoms with Crippen molar-refractivity contribution in [2.75, 3.05) is 19.0 Å². The van der Waals surface area contributed by atoms with Gasteiger partial charge >= 0.3 is 5.16 Å². The van der Waals surface area contributed by atoms with E-state index in [4.69, 9.17) is 0 Å². The topological polar surface area (TPSA) is 57.0 Å². The van der Waals surface area contributed by atoms with Gasteiger partial charge in [0.05, 0.1) is 6.20 Å². The van der Waals surface area contributed by atoms with Crippen LogP contribution in [-0.4, -0.2) is 33.2 Å². The van der Waals surface area contributed by atoms with Crippen LogP contribution in [0.4, 0.5) is 5.69 Å². The van der Waals surface area contributed by atoms with Gasteiger partial charge in [0, 0.05) is 48.9 Å². The minimum absolute atomic E-state index is 0.422. The van der Waals surface area contributed by atoms with E-state index in [-0.39, 0.29) is 0 Å². The Morgan fingerprint density at radius 1 is 1.09 bits per heavy atom. The second-order valence-corrected chi connectivity index (χ2v) is 6.67. The van der Waals surface area contributed by atoms with E-state index in [1.54, 1.807) is 23.2 Å². The molecule has 3 aromatic rings. The average Bonchev–Trinajstić information content (AvgIpc) is 3.05. The van der Waals surface area contributed by atoms with Gasteiger partial charge in [0.15, 0.2) is 0 Å². The molecule has 2 aromatic heterocycles. The minimum atomic E-state index is -1.24. The first-order chi connectivity index (χ1) is 11.1. The van der Waals surface area contributed by atoms with E-state index in [2.05, 4.69) is 9.97 Å². The standard InChI is InChI=1S/C17H18N4OS/c1-20(2)15-7-5-6-14(12-15)13-23(22)17-19-10-11-21(17)16-8-3-4-9-18-16/h3-12H,13H2,1-2H3. The highest BCUT2D eigenvalue weighted by Gasteiger charge is 2.20. The van der Waals surface area contributed by atoms with E-state index in [1.807, 2.05) is 61.5 Å². The lowest BCUT2D eigenvalue weighted by atomic mass is 10.2. The van der Waals surface area contributed by atoms with Crippen molar-refractivity contribution in [2.45, 2.75) is 10.9 Å². The fraction of sp³-hybridized carbons (Fsp3) is 0.176. The SMILES string of the molecule is CN(C)c1cccc(C[S+]([O-])c2nccn2-c2ccccn2)c1. The summed E-state index contributed by atoms with van der Waals surface area (Å²) in [6.45, 7) is 0. The molecule has 0 aliphatic carbocycles. The maximum atomic E-state index is 12.7. The maximum Gasteiger partial charge on any atom is 0.329 e. The first-order valence-corrected chi connectivity index (χ1v) is 8.56. The Balaban J connectivity index is 1.84. The lowest BCUT2D eigenvalue weighted by Crippen LogP contribution is -2.13. The van der Waals surface area contributed by atoms with Gasteiger partial charge in [0.1, 0.15) is 11.6 Å². The predicted octanol–water partition coefficient (Wildman–Crippen LogP) is 2.64. The Kier molecular flexibility index (Phi) is 4.64. The highest BCUT2D eigenvalue weighted by molar-refractivity contribution is 7.90. The predicted molar refractivity (Wildman–Crippen MR) is 92.2 cm³/mol. The number of benzene rings is 1. The zero-order chi connectivity index (χ0) is 16.2. The molecule has 0 aliphatic heterocycles. The molecular formula is C17H18N4OS.